The second-order valence-corrected chi connectivity index (χ2v) is 8.58. The van der Waals surface area contributed by atoms with E-state index in [0.717, 1.165) is 21.3 Å². The molecule has 0 saturated carbocycles. The van der Waals surface area contributed by atoms with Gasteiger partial charge in [-0.1, -0.05) is 71.5 Å². The molecule has 3 aromatic carbocycles. The van der Waals surface area contributed by atoms with Crippen LogP contribution in [0.15, 0.2) is 72.8 Å². The van der Waals surface area contributed by atoms with Gasteiger partial charge in [-0.3, -0.25) is 9.69 Å². The van der Waals surface area contributed by atoms with Crippen molar-refractivity contribution < 1.29 is 4.79 Å². The molecule has 0 atom stereocenters. The molecule has 0 unspecified atom stereocenters. The number of aromatic nitrogens is 1. The highest BCUT2D eigenvalue weighted by atomic mass is 35.5. The Kier molecular flexibility index (Phi) is 5.98. The molecule has 0 fully saturated rings. The van der Waals surface area contributed by atoms with E-state index < -0.39 is 0 Å². The van der Waals surface area contributed by atoms with Crippen LogP contribution < -0.4 is 4.90 Å². The Labute approximate surface area is 185 Å². The first-order chi connectivity index (χ1) is 14.5. The van der Waals surface area contributed by atoms with Crippen LogP contribution in [0.2, 0.25) is 5.02 Å². The minimum atomic E-state index is -0.133. The van der Waals surface area contributed by atoms with Crippen LogP contribution in [0.4, 0.5) is 5.13 Å². The smallest absolute Gasteiger partial charge is 0.253 e. The Morgan fingerprint density at radius 2 is 1.73 bits per heavy atom. The van der Waals surface area contributed by atoms with E-state index in [1.165, 1.54) is 22.5 Å². The molecule has 0 aliphatic rings. The maximum atomic E-state index is 13.2. The summed E-state index contributed by atoms with van der Waals surface area (Å²) < 4.78 is 1.08. The predicted molar refractivity (Wildman–Crippen MR) is 127 cm³/mol. The van der Waals surface area contributed by atoms with E-state index in [1.54, 1.807) is 17.1 Å². The second-order valence-electron chi connectivity index (χ2n) is 7.17. The van der Waals surface area contributed by atoms with Gasteiger partial charge in [0.2, 0.25) is 0 Å². The van der Waals surface area contributed by atoms with Crippen LogP contribution >= 0.6 is 22.9 Å². The molecule has 3 nitrogen and oxygen atoms in total. The summed E-state index contributed by atoms with van der Waals surface area (Å²) in [6, 6.07) is 21.6. The second kappa shape index (κ2) is 8.82. The van der Waals surface area contributed by atoms with Gasteiger partial charge in [-0.2, -0.15) is 0 Å². The number of hydrogen-bond acceptors (Lipinski definition) is 3. The molecule has 0 saturated heterocycles. The quantitative estimate of drug-likeness (QED) is 0.324. The Morgan fingerprint density at radius 3 is 2.50 bits per heavy atom. The van der Waals surface area contributed by atoms with Crippen LogP contribution in [0.5, 0.6) is 0 Å². The van der Waals surface area contributed by atoms with Crippen molar-refractivity contribution in [3.8, 4) is 0 Å². The maximum Gasteiger partial charge on any atom is 0.253 e. The summed E-state index contributed by atoms with van der Waals surface area (Å²) in [7, 11) is 0. The number of aryl methyl sites for hydroxylation is 2. The molecule has 0 spiro atoms. The van der Waals surface area contributed by atoms with Crippen molar-refractivity contribution in [2.75, 3.05) is 4.90 Å². The lowest BCUT2D eigenvalue weighted by Crippen LogP contribution is -2.28. The van der Waals surface area contributed by atoms with E-state index in [4.69, 9.17) is 16.6 Å². The van der Waals surface area contributed by atoms with Crippen LogP contribution in [0, 0.1) is 13.8 Å². The number of carbonyl (C=O) groups excluding carboxylic acids is 1. The van der Waals surface area contributed by atoms with E-state index in [2.05, 4.69) is 26.0 Å². The fraction of sp³-hybridized carbons (Fsp3) is 0.120. The van der Waals surface area contributed by atoms with Crippen LogP contribution in [-0.2, 0) is 11.3 Å². The van der Waals surface area contributed by atoms with Gasteiger partial charge in [0.1, 0.15) is 0 Å². The molecule has 4 aromatic rings. The first kappa shape index (κ1) is 20.3. The summed E-state index contributed by atoms with van der Waals surface area (Å²) >= 11 is 7.77. The summed E-state index contributed by atoms with van der Waals surface area (Å²) in [5, 5.41) is 1.30. The molecule has 30 heavy (non-hydrogen) atoms. The number of hydrogen-bond donors (Lipinski definition) is 0. The topological polar surface area (TPSA) is 33.2 Å². The van der Waals surface area contributed by atoms with Gasteiger partial charge in [0.05, 0.1) is 16.8 Å². The monoisotopic (exact) mass is 432 g/mol. The fourth-order valence-corrected chi connectivity index (χ4v) is 4.40. The Hall–Kier alpha value is -2.95. The van der Waals surface area contributed by atoms with E-state index in [0.29, 0.717) is 16.7 Å². The number of nitrogens with zero attached hydrogens (tertiary/aromatic N) is 2. The van der Waals surface area contributed by atoms with Crippen LogP contribution in [0.1, 0.15) is 22.3 Å². The Bertz CT molecular complexity index is 1190. The Morgan fingerprint density at radius 1 is 1.03 bits per heavy atom. The molecule has 1 heterocycles. The molecule has 0 bridgehead atoms. The zero-order chi connectivity index (χ0) is 21.1. The number of fused-ring (bicyclic) bond motifs is 1. The third-order valence-electron chi connectivity index (χ3n) is 4.98. The van der Waals surface area contributed by atoms with Crippen molar-refractivity contribution in [3.05, 3.63) is 100 Å². The zero-order valence-electron chi connectivity index (χ0n) is 16.8. The van der Waals surface area contributed by atoms with Gasteiger partial charge in [0.15, 0.2) is 5.13 Å². The lowest BCUT2D eigenvalue weighted by atomic mass is 10.1. The van der Waals surface area contributed by atoms with E-state index in [1.807, 2.05) is 54.6 Å². The molecular weight excluding hydrogens is 412 g/mol. The zero-order valence-corrected chi connectivity index (χ0v) is 18.4. The molecular formula is C25H21ClN2OS. The largest absolute Gasteiger partial charge is 0.280 e. The minimum Gasteiger partial charge on any atom is -0.280 e. The summed E-state index contributed by atoms with van der Waals surface area (Å²) in [5.41, 5.74) is 5.18. The fourth-order valence-electron chi connectivity index (χ4n) is 3.15. The summed E-state index contributed by atoms with van der Waals surface area (Å²) in [5.74, 6) is -0.133. The van der Waals surface area contributed by atoms with Gasteiger partial charge in [-0.25, -0.2) is 4.98 Å². The normalized spacial score (nSPS) is 11.3. The lowest BCUT2D eigenvalue weighted by Gasteiger charge is -2.18. The number of carbonyl (C=O) groups is 1. The lowest BCUT2D eigenvalue weighted by molar-refractivity contribution is -0.114. The highest BCUT2D eigenvalue weighted by Crippen LogP contribution is 2.32. The molecule has 150 valence electrons. The molecule has 0 aliphatic heterocycles. The van der Waals surface area contributed by atoms with Crippen LogP contribution in [-0.4, -0.2) is 10.9 Å². The van der Waals surface area contributed by atoms with Crippen molar-refractivity contribution in [2.24, 2.45) is 0 Å². The number of thiazole rings is 1. The summed E-state index contributed by atoms with van der Waals surface area (Å²) in [4.78, 5) is 19.7. The average molecular weight is 433 g/mol. The molecule has 0 aliphatic carbocycles. The van der Waals surface area contributed by atoms with Crippen molar-refractivity contribution >= 4 is 50.3 Å². The number of halogens is 1. The SMILES string of the molecule is Cc1cc2nc(N(Cc3ccccc3)C(=O)/C=C/c3ccccc3Cl)sc2cc1C. The number of anilines is 1. The van der Waals surface area contributed by atoms with Crippen molar-refractivity contribution in [1.82, 2.24) is 4.98 Å². The Balaban J connectivity index is 1.71. The van der Waals surface area contributed by atoms with Gasteiger partial charge in [-0.15, -0.1) is 0 Å². The first-order valence-electron chi connectivity index (χ1n) is 9.67. The summed E-state index contributed by atoms with van der Waals surface area (Å²) in [6.45, 7) is 4.62. The highest BCUT2D eigenvalue weighted by Gasteiger charge is 2.19. The first-order valence-corrected chi connectivity index (χ1v) is 10.9. The molecule has 4 rings (SSSR count). The van der Waals surface area contributed by atoms with Gasteiger partial charge in [-0.05, 0) is 60.4 Å². The molecule has 0 N–H and O–H groups in total. The van der Waals surface area contributed by atoms with Gasteiger partial charge < -0.3 is 0 Å². The molecule has 0 radical (unpaired) electrons. The van der Waals surface area contributed by atoms with Crippen molar-refractivity contribution in [1.29, 1.82) is 0 Å². The van der Waals surface area contributed by atoms with Crippen molar-refractivity contribution in [2.45, 2.75) is 20.4 Å². The predicted octanol–water partition coefficient (Wildman–Crippen LogP) is 6.81. The highest BCUT2D eigenvalue weighted by molar-refractivity contribution is 7.22. The molecule has 5 heteroatoms. The number of benzene rings is 3. The van der Waals surface area contributed by atoms with Crippen LogP contribution in [0.3, 0.4) is 0 Å². The summed E-state index contributed by atoms with van der Waals surface area (Å²) in [6.07, 6.45) is 3.32. The van der Waals surface area contributed by atoms with Gasteiger partial charge in [0, 0.05) is 11.1 Å². The van der Waals surface area contributed by atoms with Crippen molar-refractivity contribution in [3.63, 3.8) is 0 Å². The van der Waals surface area contributed by atoms with E-state index >= 15 is 0 Å². The average Bonchev–Trinajstić information content (AvgIpc) is 3.14. The van der Waals surface area contributed by atoms with Crippen LogP contribution in [0.25, 0.3) is 16.3 Å². The molecule has 1 amide bonds. The minimum absolute atomic E-state index is 0.133. The van der Waals surface area contributed by atoms with E-state index in [-0.39, 0.29) is 5.91 Å². The van der Waals surface area contributed by atoms with Gasteiger partial charge >= 0.3 is 0 Å². The molecule has 1 aromatic heterocycles. The third-order valence-corrected chi connectivity index (χ3v) is 6.37. The number of amides is 1. The standard InChI is InChI=1S/C25H21ClN2OS/c1-17-14-22-23(15-18(17)2)30-25(27-22)28(16-19-8-4-3-5-9-19)24(29)13-12-20-10-6-7-11-21(20)26/h3-15H,16H2,1-2H3/b13-12+. The maximum absolute atomic E-state index is 13.2. The van der Waals surface area contributed by atoms with E-state index in [9.17, 15) is 4.79 Å². The van der Waals surface area contributed by atoms with Gasteiger partial charge in [0.25, 0.3) is 5.91 Å². The number of rotatable bonds is 5. The third kappa shape index (κ3) is 4.45.